The van der Waals surface area contributed by atoms with Crippen LogP contribution in [0.25, 0.3) is 6.08 Å². The normalized spacial score (nSPS) is 23.5. The summed E-state index contributed by atoms with van der Waals surface area (Å²) in [6.45, 7) is 1.84. The van der Waals surface area contributed by atoms with Gasteiger partial charge in [0.1, 0.15) is 11.5 Å². The minimum absolute atomic E-state index is 0.113. The summed E-state index contributed by atoms with van der Waals surface area (Å²) in [4.78, 5) is 12.9. The van der Waals surface area contributed by atoms with E-state index in [0.29, 0.717) is 40.6 Å². The van der Waals surface area contributed by atoms with Crippen LogP contribution in [0.2, 0.25) is 0 Å². The fourth-order valence-electron chi connectivity index (χ4n) is 4.25. The molecular weight excluding hydrogens is 398 g/mol. The first-order valence-corrected chi connectivity index (χ1v) is 9.91. The number of hydrogen-bond donors (Lipinski definition) is 2. The third-order valence-corrected chi connectivity index (χ3v) is 5.63. The number of ether oxygens (including phenoxy) is 4. The fraction of sp³-hybridized carbons (Fsp3) is 0.292. The molecule has 2 bridgehead atoms. The number of carbonyl (C=O) groups excluding carboxylic acids is 1. The van der Waals surface area contributed by atoms with Crippen LogP contribution in [0.3, 0.4) is 0 Å². The molecule has 0 aliphatic carbocycles. The molecule has 2 aliphatic rings. The van der Waals surface area contributed by atoms with E-state index in [1.165, 1.54) is 20.3 Å². The predicted octanol–water partition coefficient (Wildman–Crippen LogP) is 3.95. The zero-order chi connectivity index (χ0) is 22.2. The van der Waals surface area contributed by atoms with E-state index in [-0.39, 0.29) is 17.6 Å². The van der Waals surface area contributed by atoms with E-state index in [2.05, 4.69) is 5.32 Å². The standard InChI is InChI=1S/C24H25NO6/c1-24-13-16(15-7-5-6-8-18(15)31-24)20(23(27)25-24)17(26)11-9-14-10-12-19(28-2)22(30-4)21(14)29-3/h5-12,16,26H,13H2,1-4H3,(H,25,27)/b11-9+,20-17-/t16-,24+/m0/s1. The molecule has 1 fully saturated rings. The number of piperidine rings is 1. The largest absolute Gasteiger partial charge is 0.507 e. The predicted molar refractivity (Wildman–Crippen MR) is 116 cm³/mol. The Kier molecular flexibility index (Phi) is 5.27. The lowest BCUT2D eigenvalue weighted by Gasteiger charge is -2.45. The molecule has 2 N–H and O–H groups in total. The van der Waals surface area contributed by atoms with E-state index in [1.807, 2.05) is 31.2 Å². The van der Waals surface area contributed by atoms with Gasteiger partial charge in [-0.3, -0.25) is 4.79 Å². The van der Waals surface area contributed by atoms with Crippen LogP contribution in [-0.4, -0.2) is 38.1 Å². The van der Waals surface area contributed by atoms with Gasteiger partial charge < -0.3 is 29.4 Å². The van der Waals surface area contributed by atoms with Crippen molar-refractivity contribution in [1.29, 1.82) is 0 Å². The molecule has 0 unspecified atom stereocenters. The Morgan fingerprint density at radius 3 is 2.58 bits per heavy atom. The average Bonchev–Trinajstić information content (AvgIpc) is 2.75. The molecule has 1 saturated heterocycles. The van der Waals surface area contributed by atoms with Gasteiger partial charge in [0, 0.05) is 23.5 Å². The van der Waals surface area contributed by atoms with Gasteiger partial charge in [0.05, 0.1) is 26.9 Å². The molecule has 1 amide bonds. The van der Waals surface area contributed by atoms with Gasteiger partial charge in [0.25, 0.3) is 5.91 Å². The van der Waals surface area contributed by atoms with Crippen molar-refractivity contribution in [2.75, 3.05) is 21.3 Å². The SMILES string of the molecule is COc1ccc(/C=C/C(O)=C2/C(=O)N[C@@]3(C)C[C@H]2c2ccccc2O3)c(OC)c1OC. The van der Waals surface area contributed by atoms with Crippen molar-refractivity contribution in [1.82, 2.24) is 5.32 Å². The third kappa shape index (κ3) is 3.56. The summed E-state index contributed by atoms with van der Waals surface area (Å²) in [5.74, 6) is 1.41. The van der Waals surface area contributed by atoms with Crippen molar-refractivity contribution in [3.05, 3.63) is 64.9 Å². The highest BCUT2D eigenvalue weighted by molar-refractivity contribution is 5.98. The van der Waals surface area contributed by atoms with Gasteiger partial charge >= 0.3 is 0 Å². The first-order valence-electron chi connectivity index (χ1n) is 9.91. The molecule has 7 heteroatoms. The van der Waals surface area contributed by atoms with Gasteiger partial charge in [0.2, 0.25) is 5.75 Å². The second-order valence-corrected chi connectivity index (χ2v) is 7.64. The van der Waals surface area contributed by atoms with E-state index in [1.54, 1.807) is 25.3 Å². The van der Waals surface area contributed by atoms with Crippen molar-refractivity contribution >= 4 is 12.0 Å². The van der Waals surface area contributed by atoms with Gasteiger partial charge in [-0.25, -0.2) is 0 Å². The second-order valence-electron chi connectivity index (χ2n) is 7.64. The number of benzene rings is 2. The highest BCUT2D eigenvalue weighted by Gasteiger charge is 2.47. The topological polar surface area (TPSA) is 86.3 Å². The first-order chi connectivity index (χ1) is 14.9. The first kappa shape index (κ1) is 20.7. The quantitative estimate of drug-likeness (QED) is 0.560. The number of para-hydroxylation sites is 1. The van der Waals surface area contributed by atoms with Gasteiger partial charge in [-0.15, -0.1) is 0 Å². The highest BCUT2D eigenvalue weighted by Crippen LogP contribution is 2.47. The molecule has 2 aromatic carbocycles. The fourth-order valence-corrected chi connectivity index (χ4v) is 4.25. The molecule has 0 spiro atoms. The van der Waals surface area contributed by atoms with Crippen molar-refractivity contribution in [2.45, 2.75) is 25.0 Å². The molecule has 7 nitrogen and oxygen atoms in total. The third-order valence-electron chi connectivity index (χ3n) is 5.63. The molecular formula is C24H25NO6. The van der Waals surface area contributed by atoms with Crippen molar-refractivity contribution < 1.29 is 28.8 Å². The summed E-state index contributed by atoms with van der Waals surface area (Å²) in [7, 11) is 4.60. The van der Waals surface area contributed by atoms with E-state index in [0.717, 1.165) is 5.56 Å². The molecule has 4 rings (SSSR count). The lowest BCUT2D eigenvalue weighted by molar-refractivity contribution is -0.127. The molecule has 31 heavy (non-hydrogen) atoms. The molecule has 2 aliphatic heterocycles. The average molecular weight is 423 g/mol. The van der Waals surface area contributed by atoms with E-state index < -0.39 is 5.72 Å². The maximum atomic E-state index is 12.9. The summed E-state index contributed by atoms with van der Waals surface area (Å²) in [5.41, 5.74) is 1.05. The van der Waals surface area contributed by atoms with Gasteiger partial charge in [-0.2, -0.15) is 0 Å². The Bertz CT molecular complexity index is 1090. The second kappa shape index (κ2) is 7.91. The van der Waals surface area contributed by atoms with Crippen LogP contribution in [-0.2, 0) is 4.79 Å². The number of methoxy groups -OCH3 is 3. The Labute approximate surface area is 180 Å². The van der Waals surface area contributed by atoms with E-state index in [9.17, 15) is 9.90 Å². The summed E-state index contributed by atoms with van der Waals surface area (Å²) in [6.07, 6.45) is 3.71. The Balaban J connectivity index is 1.76. The van der Waals surface area contributed by atoms with Crippen LogP contribution in [0.1, 0.15) is 30.4 Å². The lowest BCUT2D eigenvalue weighted by Crippen LogP contribution is -2.58. The number of nitrogens with one attached hydrogen (secondary N) is 1. The number of aliphatic hydroxyl groups is 1. The van der Waals surface area contributed by atoms with Gasteiger partial charge in [-0.05, 0) is 37.3 Å². The molecule has 162 valence electrons. The van der Waals surface area contributed by atoms with Crippen molar-refractivity contribution in [2.24, 2.45) is 0 Å². The zero-order valence-corrected chi connectivity index (χ0v) is 17.9. The number of amides is 1. The Hall–Kier alpha value is -3.61. The maximum Gasteiger partial charge on any atom is 0.254 e. The molecule has 2 aromatic rings. The summed E-state index contributed by atoms with van der Waals surface area (Å²) in [6, 6.07) is 11.1. The maximum absolute atomic E-state index is 12.9. The van der Waals surface area contributed by atoms with Crippen LogP contribution in [0, 0.1) is 0 Å². The van der Waals surface area contributed by atoms with Crippen LogP contribution in [0.15, 0.2) is 53.8 Å². The van der Waals surface area contributed by atoms with Gasteiger partial charge in [-0.1, -0.05) is 18.2 Å². The van der Waals surface area contributed by atoms with Crippen molar-refractivity contribution in [3.63, 3.8) is 0 Å². The molecule has 2 heterocycles. The smallest absolute Gasteiger partial charge is 0.254 e. The molecule has 2 atom stereocenters. The number of fused-ring (bicyclic) bond motifs is 4. The van der Waals surface area contributed by atoms with Crippen LogP contribution in [0.5, 0.6) is 23.0 Å². The molecule has 0 aromatic heterocycles. The Morgan fingerprint density at radius 1 is 1.13 bits per heavy atom. The van der Waals surface area contributed by atoms with E-state index >= 15 is 0 Å². The zero-order valence-electron chi connectivity index (χ0n) is 17.9. The number of rotatable bonds is 5. The van der Waals surface area contributed by atoms with Crippen LogP contribution >= 0.6 is 0 Å². The number of aliphatic hydroxyl groups excluding tert-OH is 1. The van der Waals surface area contributed by atoms with Crippen LogP contribution < -0.4 is 24.3 Å². The minimum atomic E-state index is -0.809. The minimum Gasteiger partial charge on any atom is -0.507 e. The summed E-state index contributed by atoms with van der Waals surface area (Å²) in [5, 5.41) is 13.8. The van der Waals surface area contributed by atoms with E-state index in [4.69, 9.17) is 18.9 Å². The van der Waals surface area contributed by atoms with Gasteiger partial charge in [0.15, 0.2) is 17.2 Å². The summed E-state index contributed by atoms with van der Waals surface area (Å²) >= 11 is 0. The molecule has 0 radical (unpaired) electrons. The van der Waals surface area contributed by atoms with Crippen molar-refractivity contribution in [3.8, 4) is 23.0 Å². The number of hydrogen-bond acceptors (Lipinski definition) is 6. The molecule has 0 saturated carbocycles. The Morgan fingerprint density at radius 2 is 1.87 bits per heavy atom. The monoisotopic (exact) mass is 423 g/mol. The van der Waals surface area contributed by atoms with Crippen LogP contribution in [0.4, 0.5) is 0 Å². The lowest BCUT2D eigenvalue weighted by atomic mass is 9.78. The number of allylic oxidation sites excluding steroid dienone is 1. The highest BCUT2D eigenvalue weighted by atomic mass is 16.5. The number of carbonyl (C=O) groups is 1. The summed E-state index contributed by atoms with van der Waals surface area (Å²) < 4.78 is 22.2.